The predicted octanol–water partition coefficient (Wildman–Crippen LogP) is 0.309. The lowest BCUT2D eigenvalue weighted by atomic mass is 10.2. The van der Waals surface area contributed by atoms with Crippen molar-refractivity contribution in [3.63, 3.8) is 0 Å². The largest absolute Gasteiger partial charge is 0.460 e. The van der Waals surface area contributed by atoms with Gasteiger partial charge in [0.1, 0.15) is 6.61 Å². The molecular formula is C21H26N6O4. The molecule has 1 aliphatic heterocycles. The Bertz CT molecular complexity index is 1190. The molecule has 1 N–H and O–H groups in total. The van der Waals surface area contributed by atoms with Gasteiger partial charge in [0.15, 0.2) is 11.2 Å². The monoisotopic (exact) mass is 426 g/mol. The van der Waals surface area contributed by atoms with E-state index < -0.39 is 11.2 Å². The van der Waals surface area contributed by atoms with E-state index in [1.807, 2.05) is 46.7 Å². The normalized spacial score (nSPS) is 14.8. The van der Waals surface area contributed by atoms with Crippen molar-refractivity contribution in [1.82, 2.24) is 24.0 Å². The fourth-order valence-electron chi connectivity index (χ4n) is 3.84. The summed E-state index contributed by atoms with van der Waals surface area (Å²) < 4.78 is 8.56. The molecule has 3 aromatic rings. The van der Waals surface area contributed by atoms with Crippen LogP contribution in [0.15, 0.2) is 39.9 Å². The standard InChI is InChI=1S/C21H26N6O4/c1-3-27-17-18(24(2)21(30)23-19(17)29)22-20(27)26-11-9-25(10-12-26)13-16(28)31-14-15-7-5-4-6-8-15/h4-8H,3,9-14H2,1-2H3,(H,23,29,30). The molecule has 0 unspecified atom stereocenters. The van der Waals surface area contributed by atoms with Crippen molar-refractivity contribution in [2.45, 2.75) is 20.1 Å². The minimum atomic E-state index is -0.483. The van der Waals surface area contributed by atoms with Gasteiger partial charge >= 0.3 is 11.7 Å². The Hall–Kier alpha value is -3.40. The van der Waals surface area contributed by atoms with E-state index in [9.17, 15) is 14.4 Å². The van der Waals surface area contributed by atoms with Crippen LogP contribution in [-0.4, -0.2) is 62.7 Å². The maximum atomic E-state index is 12.4. The molecule has 1 aromatic carbocycles. The first-order valence-corrected chi connectivity index (χ1v) is 10.3. The second-order valence-corrected chi connectivity index (χ2v) is 7.56. The van der Waals surface area contributed by atoms with E-state index in [0.29, 0.717) is 49.8 Å². The molecule has 0 bridgehead atoms. The molecule has 0 spiro atoms. The molecule has 31 heavy (non-hydrogen) atoms. The van der Waals surface area contributed by atoms with Gasteiger partial charge in [-0.1, -0.05) is 30.3 Å². The maximum absolute atomic E-state index is 12.4. The third-order valence-electron chi connectivity index (χ3n) is 5.55. The molecule has 1 fully saturated rings. The number of H-pyrrole nitrogens is 1. The van der Waals surface area contributed by atoms with Gasteiger partial charge in [-0.05, 0) is 12.5 Å². The summed E-state index contributed by atoms with van der Waals surface area (Å²) in [5.74, 6) is 0.412. The summed E-state index contributed by atoms with van der Waals surface area (Å²) >= 11 is 0. The Kier molecular flexibility index (Phi) is 5.90. The number of aryl methyl sites for hydroxylation is 2. The zero-order chi connectivity index (χ0) is 22.0. The molecular weight excluding hydrogens is 400 g/mol. The highest BCUT2D eigenvalue weighted by molar-refractivity contribution is 5.74. The number of nitrogens with one attached hydrogen (secondary N) is 1. The van der Waals surface area contributed by atoms with Gasteiger partial charge in [0, 0.05) is 39.8 Å². The van der Waals surface area contributed by atoms with Gasteiger partial charge in [-0.2, -0.15) is 4.98 Å². The molecule has 3 heterocycles. The van der Waals surface area contributed by atoms with Gasteiger partial charge in [-0.3, -0.25) is 24.0 Å². The minimum Gasteiger partial charge on any atom is -0.460 e. The number of nitrogens with zero attached hydrogens (tertiary/aromatic N) is 5. The fraction of sp³-hybridized carbons (Fsp3) is 0.429. The second-order valence-electron chi connectivity index (χ2n) is 7.56. The average Bonchev–Trinajstić information content (AvgIpc) is 3.18. The molecule has 10 heteroatoms. The lowest BCUT2D eigenvalue weighted by Crippen LogP contribution is -2.49. The van der Waals surface area contributed by atoms with Gasteiger partial charge in [0.25, 0.3) is 5.56 Å². The molecule has 1 saturated heterocycles. The summed E-state index contributed by atoms with van der Waals surface area (Å²) in [7, 11) is 1.59. The van der Waals surface area contributed by atoms with Crippen LogP contribution in [0.4, 0.5) is 5.95 Å². The van der Waals surface area contributed by atoms with Crippen LogP contribution in [-0.2, 0) is 29.7 Å². The third kappa shape index (κ3) is 4.24. The summed E-state index contributed by atoms with van der Waals surface area (Å²) in [6.07, 6.45) is 0. The van der Waals surface area contributed by atoms with E-state index in [-0.39, 0.29) is 19.1 Å². The van der Waals surface area contributed by atoms with Gasteiger partial charge in [-0.25, -0.2) is 4.79 Å². The van der Waals surface area contributed by atoms with E-state index in [2.05, 4.69) is 14.9 Å². The predicted molar refractivity (Wildman–Crippen MR) is 116 cm³/mol. The van der Waals surface area contributed by atoms with Crippen LogP contribution >= 0.6 is 0 Å². The number of carbonyl (C=O) groups excluding carboxylic acids is 1. The number of benzene rings is 1. The van der Waals surface area contributed by atoms with Crippen molar-refractivity contribution < 1.29 is 9.53 Å². The number of hydrogen-bond donors (Lipinski definition) is 1. The Balaban J connectivity index is 1.41. The van der Waals surface area contributed by atoms with Crippen molar-refractivity contribution in [3.8, 4) is 0 Å². The highest BCUT2D eigenvalue weighted by Crippen LogP contribution is 2.20. The van der Waals surface area contributed by atoms with Gasteiger partial charge in [-0.15, -0.1) is 0 Å². The second kappa shape index (κ2) is 8.76. The van der Waals surface area contributed by atoms with Crippen LogP contribution in [0.5, 0.6) is 0 Å². The quantitative estimate of drug-likeness (QED) is 0.566. The minimum absolute atomic E-state index is 0.235. The Morgan fingerprint density at radius 3 is 2.52 bits per heavy atom. The number of carbonyl (C=O) groups is 1. The number of aromatic amines is 1. The number of aromatic nitrogens is 4. The highest BCUT2D eigenvalue weighted by Gasteiger charge is 2.25. The van der Waals surface area contributed by atoms with E-state index in [1.54, 1.807) is 7.05 Å². The number of ether oxygens (including phenoxy) is 1. The molecule has 4 rings (SSSR count). The lowest BCUT2D eigenvalue weighted by molar-refractivity contribution is -0.146. The summed E-state index contributed by atoms with van der Waals surface area (Å²) in [6, 6.07) is 9.60. The van der Waals surface area contributed by atoms with E-state index in [0.717, 1.165) is 5.56 Å². The summed E-state index contributed by atoms with van der Waals surface area (Å²) in [6.45, 7) is 5.65. The first-order chi connectivity index (χ1) is 15.0. The number of esters is 1. The van der Waals surface area contributed by atoms with E-state index in [4.69, 9.17) is 4.74 Å². The number of imidazole rings is 1. The van der Waals surface area contributed by atoms with Crippen molar-refractivity contribution in [1.29, 1.82) is 0 Å². The SMILES string of the molecule is CCn1c(N2CCN(CC(=O)OCc3ccccc3)CC2)nc2c1c(=O)[nH]c(=O)n2C. The molecule has 10 nitrogen and oxygen atoms in total. The lowest BCUT2D eigenvalue weighted by Gasteiger charge is -2.34. The summed E-state index contributed by atoms with van der Waals surface area (Å²) in [5, 5.41) is 0. The first-order valence-electron chi connectivity index (χ1n) is 10.3. The van der Waals surface area contributed by atoms with Crippen LogP contribution in [0.3, 0.4) is 0 Å². The van der Waals surface area contributed by atoms with Gasteiger partial charge in [0.2, 0.25) is 5.95 Å². The highest BCUT2D eigenvalue weighted by atomic mass is 16.5. The van der Waals surface area contributed by atoms with Crippen LogP contribution in [0.1, 0.15) is 12.5 Å². The van der Waals surface area contributed by atoms with Crippen molar-refractivity contribution in [2.24, 2.45) is 7.05 Å². The molecule has 164 valence electrons. The number of piperazine rings is 1. The van der Waals surface area contributed by atoms with Crippen LogP contribution in [0.25, 0.3) is 11.2 Å². The molecule has 0 radical (unpaired) electrons. The van der Waals surface area contributed by atoms with Crippen molar-refractivity contribution >= 4 is 23.1 Å². The number of rotatable bonds is 6. The molecule has 1 aliphatic rings. The van der Waals surface area contributed by atoms with E-state index in [1.165, 1.54) is 4.57 Å². The number of anilines is 1. The molecule has 2 aromatic heterocycles. The zero-order valence-corrected chi connectivity index (χ0v) is 17.7. The van der Waals surface area contributed by atoms with Gasteiger partial charge < -0.3 is 14.2 Å². The Labute approximate surface area is 178 Å². The van der Waals surface area contributed by atoms with Crippen molar-refractivity contribution in [2.75, 3.05) is 37.6 Å². The smallest absolute Gasteiger partial charge is 0.329 e. The zero-order valence-electron chi connectivity index (χ0n) is 17.7. The summed E-state index contributed by atoms with van der Waals surface area (Å²) in [4.78, 5) is 47.5. The maximum Gasteiger partial charge on any atom is 0.329 e. The molecule has 0 atom stereocenters. The fourth-order valence-corrected chi connectivity index (χ4v) is 3.84. The third-order valence-corrected chi connectivity index (χ3v) is 5.55. The molecule has 0 amide bonds. The number of hydrogen-bond acceptors (Lipinski definition) is 7. The summed E-state index contributed by atoms with van der Waals surface area (Å²) in [5.41, 5.74) is 0.815. The molecule has 0 aliphatic carbocycles. The van der Waals surface area contributed by atoms with Gasteiger partial charge in [0.05, 0.1) is 6.54 Å². The van der Waals surface area contributed by atoms with Crippen LogP contribution in [0, 0.1) is 0 Å². The topological polar surface area (TPSA) is 105 Å². The van der Waals surface area contributed by atoms with Crippen LogP contribution in [0.2, 0.25) is 0 Å². The first kappa shape index (κ1) is 20.9. The molecule has 0 saturated carbocycles. The van der Waals surface area contributed by atoms with E-state index >= 15 is 0 Å². The van der Waals surface area contributed by atoms with Crippen molar-refractivity contribution in [3.05, 3.63) is 56.7 Å². The average molecular weight is 426 g/mol. The van der Waals surface area contributed by atoms with Crippen LogP contribution < -0.4 is 16.1 Å². The number of fused-ring (bicyclic) bond motifs is 1. The Morgan fingerprint density at radius 1 is 1.13 bits per heavy atom. The Morgan fingerprint density at radius 2 is 1.84 bits per heavy atom.